The molecule has 6 heteroatoms. The van der Waals surface area contributed by atoms with E-state index in [-0.39, 0.29) is 0 Å². The van der Waals surface area contributed by atoms with E-state index in [1.54, 1.807) is 11.0 Å². The lowest BCUT2D eigenvalue weighted by Crippen LogP contribution is -2.02. The van der Waals surface area contributed by atoms with Crippen molar-refractivity contribution < 1.29 is 0 Å². The van der Waals surface area contributed by atoms with Crippen LogP contribution in [0.3, 0.4) is 0 Å². The lowest BCUT2D eigenvalue weighted by Gasteiger charge is -2.06. The van der Waals surface area contributed by atoms with Crippen LogP contribution in [0.4, 0.5) is 0 Å². The summed E-state index contributed by atoms with van der Waals surface area (Å²) in [6.45, 7) is 1.40. The quantitative estimate of drug-likeness (QED) is 0.567. The van der Waals surface area contributed by atoms with Crippen LogP contribution in [0.2, 0.25) is 0 Å². The molecule has 0 aliphatic carbocycles. The topological polar surface area (TPSA) is 61.4 Å². The van der Waals surface area contributed by atoms with Crippen LogP contribution in [0.15, 0.2) is 61.3 Å². The molecule has 0 saturated carbocycles. The Morgan fingerprint density at radius 3 is 2.78 bits per heavy atom. The van der Waals surface area contributed by atoms with Crippen molar-refractivity contribution >= 4 is 10.8 Å². The molecule has 0 spiro atoms. The smallest absolute Gasteiger partial charge is 0.137 e. The Labute approximate surface area is 133 Å². The first-order valence-corrected chi connectivity index (χ1v) is 7.56. The molecule has 23 heavy (non-hydrogen) atoms. The molecule has 6 nitrogen and oxygen atoms in total. The maximum atomic E-state index is 4.20. The van der Waals surface area contributed by atoms with Crippen LogP contribution in [-0.2, 0) is 19.5 Å². The van der Waals surface area contributed by atoms with E-state index in [4.69, 9.17) is 0 Å². The summed E-state index contributed by atoms with van der Waals surface area (Å²) in [6.07, 6.45) is 6.08. The van der Waals surface area contributed by atoms with Gasteiger partial charge in [-0.15, -0.1) is 5.10 Å². The zero-order valence-corrected chi connectivity index (χ0v) is 12.6. The Morgan fingerprint density at radius 1 is 0.957 bits per heavy atom. The summed E-state index contributed by atoms with van der Waals surface area (Å²) in [4.78, 5) is 3.93. The standard InChI is InChI=1S/C17H16N6/c1-2-7-17-14(4-1)5-3-6-15(17)8-9-22-10-16(20-21-22)11-23-13-18-12-19-23/h1-7,10,12-13H,8-9,11H2. The van der Waals surface area contributed by atoms with Gasteiger partial charge >= 0.3 is 0 Å². The van der Waals surface area contributed by atoms with Gasteiger partial charge in [-0.1, -0.05) is 47.7 Å². The van der Waals surface area contributed by atoms with Gasteiger partial charge in [0, 0.05) is 6.54 Å². The summed E-state index contributed by atoms with van der Waals surface area (Å²) < 4.78 is 3.62. The van der Waals surface area contributed by atoms with Gasteiger partial charge in [-0.25, -0.2) is 9.67 Å². The molecule has 0 aliphatic rings. The van der Waals surface area contributed by atoms with Gasteiger partial charge in [0.05, 0.1) is 12.7 Å². The molecule has 4 aromatic rings. The van der Waals surface area contributed by atoms with Crippen LogP contribution in [0.1, 0.15) is 11.3 Å². The highest BCUT2D eigenvalue weighted by Gasteiger charge is 2.04. The molecule has 0 bridgehead atoms. The van der Waals surface area contributed by atoms with Crippen molar-refractivity contribution in [2.75, 3.05) is 0 Å². The van der Waals surface area contributed by atoms with E-state index in [1.165, 1.54) is 22.7 Å². The second-order valence-electron chi connectivity index (χ2n) is 5.45. The van der Waals surface area contributed by atoms with E-state index in [0.29, 0.717) is 6.54 Å². The minimum Gasteiger partial charge on any atom is -0.252 e. The predicted octanol–water partition coefficient (Wildman–Crippen LogP) is 2.31. The Bertz CT molecular complexity index is 904. The van der Waals surface area contributed by atoms with Gasteiger partial charge < -0.3 is 0 Å². The van der Waals surface area contributed by atoms with Crippen LogP contribution in [0.25, 0.3) is 10.8 Å². The minimum absolute atomic E-state index is 0.592. The van der Waals surface area contributed by atoms with Crippen molar-refractivity contribution in [3.8, 4) is 0 Å². The number of fused-ring (bicyclic) bond motifs is 1. The Kier molecular flexibility index (Phi) is 3.56. The fourth-order valence-corrected chi connectivity index (χ4v) is 2.75. The van der Waals surface area contributed by atoms with Crippen molar-refractivity contribution in [3.63, 3.8) is 0 Å². The van der Waals surface area contributed by atoms with Crippen LogP contribution in [0.5, 0.6) is 0 Å². The number of hydrogen-bond acceptors (Lipinski definition) is 4. The van der Waals surface area contributed by atoms with Crippen molar-refractivity contribution in [1.29, 1.82) is 0 Å². The summed E-state index contributed by atoms with van der Waals surface area (Å²) in [5.41, 5.74) is 2.21. The highest BCUT2D eigenvalue weighted by atomic mass is 15.4. The van der Waals surface area contributed by atoms with Gasteiger partial charge in [0.2, 0.25) is 0 Å². The number of benzene rings is 2. The highest BCUT2D eigenvalue weighted by Crippen LogP contribution is 2.19. The van der Waals surface area contributed by atoms with Gasteiger partial charge in [-0.3, -0.25) is 4.68 Å². The first-order chi connectivity index (χ1) is 11.4. The number of hydrogen-bond donors (Lipinski definition) is 0. The summed E-state index contributed by atoms with van der Waals surface area (Å²) in [5, 5.41) is 15.0. The molecule has 0 atom stereocenters. The first-order valence-electron chi connectivity index (χ1n) is 7.56. The molecule has 0 radical (unpaired) electrons. The molecule has 2 aromatic heterocycles. The molecular weight excluding hydrogens is 288 g/mol. The fraction of sp³-hybridized carbons (Fsp3) is 0.176. The molecule has 0 unspecified atom stereocenters. The minimum atomic E-state index is 0.592. The largest absolute Gasteiger partial charge is 0.252 e. The van der Waals surface area contributed by atoms with E-state index >= 15 is 0 Å². The van der Waals surface area contributed by atoms with Crippen molar-refractivity contribution in [2.24, 2.45) is 0 Å². The highest BCUT2D eigenvalue weighted by molar-refractivity contribution is 5.85. The number of aromatic nitrogens is 6. The van der Waals surface area contributed by atoms with Gasteiger partial charge in [0.1, 0.15) is 18.3 Å². The summed E-state index contributed by atoms with van der Waals surface area (Å²) in [7, 11) is 0. The molecular formula is C17H16N6. The molecule has 0 amide bonds. The zero-order chi connectivity index (χ0) is 15.5. The van der Waals surface area contributed by atoms with Crippen LogP contribution < -0.4 is 0 Å². The van der Waals surface area contributed by atoms with E-state index in [9.17, 15) is 0 Å². The van der Waals surface area contributed by atoms with Crippen LogP contribution in [-0.4, -0.2) is 29.8 Å². The molecule has 2 heterocycles. The van der Waals surface area contributed by atoms with Gasteiger partial charge in [-0.2, -0.15) is 5.10 Å². The number of nitrogens with zero attached hydrogens (tertiary/aromatic N) is 6. The first kappa shape index (κ1) is 13.6. The molecule has 114 valence electrons. The van der Waals surface area contributed by atoms with E-state index in [0.717, 1.165) is 18.7 Å². The maximum Gasteiger partial charge on any atom is 0.137 e. The Morgan fingerprint density at radius 2 is 1.87 bits per heavy atom. The number of aryl methyl sites for hydroxylation is 2. The average Bonchev–Trinajstić information content (AvgIpc) is 3.25. The third-order valence-corrected chi connectivity index (χ3v) is 3.87. The predicted molar refractivity (Wildman–Crippen MR) is 86.8 cm³/mol. The third kappa shape index (κ3) is 2.96. The third-order valence-electron chi connectivity index (χ3n) is 3.87. The SMILES string of the molecule is c1ccc2c(CCn3cc(Cn4cncn4)nn3)cccc2c1. The summed E-state index contributed by atoms with van der Waals surface area (Å²) in [5.74, 6) is 0. The normalized spacial score (nSPS) is 11.1. The Balaban J connectivity index is 1.47. The van der Waals surface area contributed by atoms with E-state index < -0.39 is 0 Å². The number of rotatable bonds is 5. The lowest BCUT2D eigenvalue weighted by molar-refractivity contribution is 0.590. The van der Waals surface area contributed by atoms with E-state index in [1.807, 2.05) is 10.9 Å². The van der Waals surface area contributed by atoms with Gasteiger partial charge in [0.25, 0.3) is 0 Å². The molecule has 0 N–H and O–H groups in total. The lowest BCUT2D eigenvalue weighted by atomic mass is 10.0. The summed E-state index contributed by atoms with van der Waals surface area (Å²) >= 11 is 0. The zero-order valence-electron chi connectivity index (χ0n) is 12.6. The molecule has 0 aliphatic heterocycles. The Hall–Kier alpha value is -3.02. The second-order valence-corrected chi connectivity index (χ2v) is 5.45. The van der Waals surface area contributed by atoms with E-state index in [2.05, 4.69) is 62.9 Å². The maximum absolute atomic E-state index is 4.20. The van der Waals surface area contributed by atoms with Gasteiger partial charge in [-0.05, 0) is 22.8 Å². The van der Waals surface area contributed by atoms with Crippen molar-refractivity contribution in [2.45, 2.75) is 19.5 Å². The molecule has 2 aromatic carbocycles. The molecule has 0 fully saturated rings. The van der Waals surface area contributed by atoms with Crippen molar-refractivity contribution in [3.05, 3.63) is 72.6 Å². The monoisotopic (exact) mass is 304 g/mol. The molecule has 0 saturated heterocycles. The van der Waals surface area contributed by atoms with Gasteiger partial charge in [0.15, 0.2) is 0 Å². The summed E-state index contributed by atoms with van der Waals surface area (Å²) in [6, 6.07) is 14.9. The van der Waals surface area contributed by atoms with Crippen molar-refractivity contribution in [1.82, 2.24) is 29.8 Å². The van der Waals surface area contributed by atoms with Crippen LogP contribution >= 0.6 is 0 Å². The fourth-order valence-electron chi connectivity index (χ4n) is 2.75. The molecule has 4 rings (SSSR count). The van der Waals surface area contributed by atoms with Crippen LogP contribution in [0, 0.1) is 0 Å². The second kappa shape index (κ2) is 6.00. The average molecular weight is 304 g/mol.